The van der Waals surface area contributed by atoms with E-state index in [0.717, 1.165) is 27.4 Å². The summed E-state index contributed by atoms with van der Waals surface area (Å²) in [6.45, 7) is 7.70. The highest BCUT2D eigenvalue weighted by atomic mass is 32.2. The highest BCUT2D eigenvalue weighted by Crippen LogP contribution is 2.26. The molecule has 3 aromatic rings. The van der Waals surface area contributed by atoms with Crippen LogP contribution in [0.4, 0.5) is 5.69 Å². The summed E-state index contributed by atoms with van der Waals surface area (Å²) in [7, 11) is -2.54. The second-order valence-electron chi connectivity index (χ2n) is 9.75. The molecular weight excluding hydrogens is 526 g/mol. The number of benzene rings is 3. The van der Waals surface area contributed by atoms with Gasteiger partial charge in [0.1, 0.15) is 18.3 Å². The first-order valence-corrected chi connectivity index (χ1v) is 14.9. The van der Waals surface area contributed by atoms with Crippen molar-refractivity contribution in [3.63, 3.8) is 0 Å². The third kappa shape index (κ3) is 7.63. The molecule has 0 aromatic heterocycles. The zero-order valence-corrected chi connectivity index (χ0v) is 24.7. The molecule has 3 aromatic carbocycles. The number of anilines is 1. The molecule has 0 aliphatic rings. The van der Waals surface area contributed by atoms with Crippen molar-refractivity contribution >= 4 is 27.5 Å². The SMILES string of the molecule is CCCNC(=O)C(CC)N(Cc1cccc(OC)c1)C(=O)CN(c1ccc(C)cc1)S(=O)(=O)c1ccc(C)cc1. The lowest BCUT2D eigenvalue weighted by Crippen LogP contribution is -2.52. The first-order valence-electron chi connectivity index (χ1n) is 13.5. The standard InChI is InChI=1S/C31H39N3O5S/c1-6-19-32-31(36)29(7-2)33(21-25-9-8-10-27(20-25)39-5)30(35)22-34(26-15-11-23(3)12-16-26)40(37,38)28-17-13-24(4)14-18-28/h8-18,20,29H,6-7,19,21-22H2,1-5H3,(H,32,36). The Balaban J connectivity index is 2.05. The number of methoxy groups -OCH3 is 1. The van der Waals surface area contributed by atoms with Gasteiger partial charge in [-0.15, -0.1) is 0 Å². The Morgan fingerprint density at radius 3 is 2.12 bits per heavy atom. The van der Waals surface area contributed by atoms with Crippen LogP contribution in [0.1, 0.15) is 43.4 Å². The summed E-state index contributed by atoms with van der Waals surface area (Å²) in [4.78, 5) is 28.8. The monoisotopic (exact) mass is 565 g/mol. The summed E-state index contributed by atoms with van der Waals surface area (Å²) >= 11 is 0. The molecule has 3 rings (SSSR count). The Bertz CT molecular complexity index is 1390. The van der Waals surface area contributed by atoms with Crippen molar-refractivity contribution in [1.82, 2.24) is 10.2 Å². The molecular formula is C31H39N3O5S. The third-order valence-electron chi connectivity index (χ3n) is 6.63. The minimum atomic E-state index is -4.10. The molecule has 0 fully saturated rings. The van der Waals surface area contributed by atoms with E-state index >= 15 is 0 Å². The molecule has 0 bridgehead atoms. The number of rotatable bonds is 13. The van der Waals surface area contributed by atoms with Crippen LogP contribution in [-0.4, -0.2) is 51.4 Å². The zero-order valence-electron chi connectivity index (χ0n) is 23.9. The van der Waals surface area contributed by atoms with Crippen LogP contribution in [-0.2, 0) is 26.2 Å². The minimum absolute atomic E-state index is 0.0820. The van der Waals surface area contributed by atoms with Crippen LogP contribution < -0.4 is 14.4 Å². The normalized spacial score (nSPS) is 11.9. The average molecular weight is 566 g/mol. The van der Waals surface area contributed by atoms with Crippen LogP contribution in [0.2, 0.25) is 0 Å². The maximum Gasteiger partial charge on any atom is 0.264 e. The summed E-state index contributed by atoms with van der Waals surface area (Å²) in [5, 5.41) is 2.89. The first kappa shape index (κ1) is 30.7. The van der Waals surface area contributed by atoms with Gasteiger partial charge < -0.3 is 15.0 Å². The van der Waals surface area contributed by atoms with Gasteiger partial charge in [-0.3, -0.25) is 13.9 Å². The quantitative estimate of drug-likeness (QED) is 0.320. The maximum atomic E-state index is 14.1. The maximum absolute atomic E-state index is 14.1. The fourth-order valence-electron chi connectivity index (χ4n) is 4.33. The van der Waals surface area contributed by atoms with Crippen molar-refractivity contribution in [1.29, 1.82) is 0 Å². The fraction of sp³-hybridized carbons (Fsp3) is 0.355. The molecule has 1 unspecified atom stereocenters. The Kier molecular flexibility index (Phi) is 10.7. The number of sulfonamides is 1. The molecule has 8 nitrogen and oxygen atoms in total. The van der Waals surface area contributed by atoms with Gasteiger partial charge >= 0.3 is 0 Å². The van der Waals surface area contributed by atoms with Crippen molar-refractivity contribution in [2.24, 2.45) is 0 Å². The van der Waals surface area contributed by atoms with Gasteiger partial charge in [-0.2, -0.15) is 0 Å². The number of nitrogens with one attached hydrogen (secondary N) is 1. The van der Waals surface area contributed by atoms with Crippen LogP contribution in [0.3, 0.4) is 0 Å². The second kappa shape index (κ2) is 14.0. The van der Waals surface area contributed by atoms with Gasteiger partial charge in [-0.25, -0.2) is 8.42 Å². The summed E-state index contributed by atoms with van der Waals surface area (Å²) in [6, 6.07) is 20.0. The molecule has 0 spiro atoms. The predicted octanol–water partition coefficient (Wildman–Crippen LogP) is 4.84. The molecule has 214 valence electrons. The van der Waals surface area contributed by atoms with Gasteiger partial charge in [0.15, 0.2) is 0 Å². The fourth-order valence-corrected chi connectivity index (χ4v) is 5.74. The molecule has 0 heterocycles. The van der Waals surface area contributed by atoms with E-state index in [1.807, 2.05) is 39.8 Å². The largest absolute Gasteiger partial charge is 0.497 e. The van der Waals surface area contributed by atoms with Gasteiger partial charge in [0.2, 0.25) is 11.8 Å². The van der Waals surface area contributed by atoms with Gasteiger partial charge in [-0.05, 0) is 68.7 Å². The summed E-state index contributed by atoms with van der Waals surface area (Å²) in [6.07, 6.45) is 1.11. The average Bonchev–Trinajstić information content (AvgIpc) is 2.95. The summed E-state index contributed by atoms with van der Waals surface area (Å²) in [5.41, 5.74) is 3.01. The molecule has 0 aliphatic carbocycles. The Morgan fingerprint density at radius 2 is 1.55 bits per heavy atom. The van der Waals surface area contributed by atoms with Crippen molar-refractivity contribution in [2.45, 2.75) is 58.0 Å². The number of ether oxygens (including phenoxy) is 1. The molecule has 0 saturated heterocycles. The van der Waals surface area contributed by atoms with E-state index in [1.54, 1.807) is 55.6 Å². The van der Waals surface area contributed by atoms with E-state index in [1.165, 1.54) is 17.0 Å². The summed E-state index contributed by atoms with van der Waals surface area (Å²) < 4.78 is 34.3. The highest BCUT2D eigenvalue weighted by Gasteiger charge is 2.33. The lowest BCUT2D eigenvalue weighted by Gasteiger charge is -2.33. The molecule has 2 amide bonds. The Hall–Kier alpha value is -3.85. The van der Waals surface area contributed by atoms with E-state index in [2.05, 4.69) is 5.32 Å². The van der Waals surface area contributed by atoms with Crippen LogP contribution in [0, 0.1) is 13.8 Å². The van der Waals surface area contributed by atoms with Crippen LogP contribution >= 0.6 is 0 Å². The van der Waals surface area contributed by atoms with Gasteiger partial charge in [0.05, 0.1) is 17.7 Å². The van der Waals surface area contributed by atoms with Gasteiger partial charge in [0.25, 0.3) is 10.0 Å². The highest BCUT2D eigenvalue weighted by molar-refractivity contribution is 7.92. The number of aryl methyl sites for hydroxylation is 2. The smallest absolute Gasteiger partial charge is 0.264 e. The van der Waals surface area contributed by atoms with Crippen LogP contribution in [0.15, 0.2) is 77.7 Å². The molecule has 9 heteroatoms. The number of hydrogen-bond acceptors (Lipinski definition) is 5. The van der Waals surface area contributed by atoms with Gasteiger partial charge in [-0.1, -0.05) is 61.4 Å². The van der Waals surface area contributed by atoms with E-state index in [9.17, 15) is 18.0 Å². The molecule has 0 aliphatic heterocycles. The van der Waals surface area contributed by atoms with Crippen molar-refractivity contribution in [3.8, 4) is 5.75 Å². The molecule has 40 heavy (non-hydrogen) atoms. The van der Waals surface area contributed by atoms with Crippen molar-refractivity contribution < 1.29 is 22.7 Å². The van der Waals surface area contributed by atoms with E-state index in [-0.39, 0.29) is 17.3 Å². The lowest BCUT2D eigenvalue weighted by atomic mass is 10.1. The molecule has 1 atom stereocenters. The minimum Gasteiger partial charge on any atom is -0.497 e. The van der Waals surface area contributed by atoms with Crippen molar-refractivity contribution in [2.75, 3.05) is 24.5 Å². The number of carbonyl (C=O) groups is 2. The van der Waals surface area contributed by atoms with E-state index in [4.69, 9.17) is 4.74 Å². The van der Waals surface area contributed by atoms with Crippen LogP contribution in [0.5, 0.6) is 5.75 Å². The Morgan fingerprint density at radius 1 is 0.925 bits per heavy atom. The first-order chi connectivity index (χ1) is 19.1. The van der Waals surface area contributed by atoms with E-state index in [0.29, 0.717) is 24.4 Å². The number of carbonyl (C=O) groups excluding carboxylic acids is 2. The molecule has 1 N–H and O–H groups in total. The second-order valence-corrected chi connectivity index (χ2v) is 11.6. The number of amides is 2. The Labute approximate surface area is 238 Å². The van der Waals surface area contributed by atoms with Crippen molar-refractivity contribution in [3.05, 3.63) is 89.5 Å². The van der Waals surface area contributed by atoms with Crippen LogP contribution in [0.25, 0.3) is 0 Å². The van der Waals surface area contributed by atoms with E-state index < -0.39 is 28.5 Å². The number of nitrogens with zero attached hydrogens (tertiary/aromatic N) is 2. The molecule has 0 saturated carbocycles. The molecule has 0 radical (unpaired) electrons. The zero-order chi connectivity index (χ0) is 29.3. The van der Waals surface area contributed by atoms with Gasteiger partial charge in [0, 0.05) is 13.1 Å². The summed E-state index contributed by atoms with van der Waals surface area (Å²) in [5.74, 6) is -0.141. The lowest BCUT2D eigenvalue weighted by molar-refractivity contribution is -0.140. The third-order valence-corrected chi connectivity index (χ3v) is 8.42. The topological polar surface area (TPSA) is 96.0 Å². The number of hydrogen-bond donors (Lipinski definition) is 1. The predicted molar refractivity (Wildman–Crippen MR) is 158 cm³/mol.